The monoisotopic (exact) mass is 250 g/mol. The van der Waals surface area contributed by atoms with Crippen molar-refractivity contribution in [2.24, 2.45) is 0 Å². The van der Waals surface area contributed by atoms with E-state index in [1.54, 1.807) is 12.1 Å². The van der Waals surface area contributed by atoms with Crippen LogP contribution < -0.4 is 11.1 Å². The Morgan fingerprint density at radius 2 is 2.28 bits per heavy atom. The minimum absolute atomic E-state index is 0.172. The zero-order valence-corrected chi connectivity index (χ0v) is 11.3. The second kappa shape index (κ2) is 6.96. The van der Waals surface area contributed by atoms with Gasteiger partial charge in [0.05, 0.1) is 0 Å². The fourth-order valence-electron chi connectivity index (χ4n) is 1.45. The van der Waals surface area contributed by atoms with E-state index in [0.717, 1.165) is 13.0 Å². The first-order valence-corrected chi connectivity index (χ1v) is 6.20. The van der Waals surface area contributed by atoms with E-state index in [4.69, 9.17) is 5.73 Å². The number of carbonyl (C=O) groups excluding carboxylic acids is 1. The van der Waals surface area contributed by atoms with Crippen LogP contribution in [0.1, 0.15) is 30.8 Å². The average molecular weight is 250 g/mol. The molecule has 1 heterocycles. The summed E-state index contributed by atoms with van der Waals surface area (Å²) in [6.07, 6.45) is 2.46. The Labute approximate surface area is 108 Å². The third-order valence-electron chi connectivity index (χ3n) is 2.87. The van der Waals surface area contributed by atoms with Gasteiger partial charge in [0, 0.05) is 24.5 Å². The largest absolute Gasteiger partial charge is 0.399 e. The van der Waals surface area contributed by atoms with E-state index >= 15 is 0 Å². The van der Waals surface area contributed by atoms with E-state index in [0.29, 0.717) is 24.0 Å². The standard InChI is InChI=1S/C13H22N4O/c1-10(2)17(3)8-4-6-16-13(18)12-9-11(14)5-7-15-12/h5,7,9-10H,4,6,8H2,1-3H3,(H2,14,15)(H,16,18). The molecule has 0 saturated heterocycles. The number of aromatic nitrogens is 1. The molecule has 0 fully saturated rings. The predicted molar refractivity (Wildman–Crippen MR) is 73.4 cm³/mol. The maximum absolute atomic E-state index is 11.7. The quantitative estimate of drug-likeness (QED) is 0.742. The molecular weight excluding hydrogens is 228 g/mol. The van der Waals surface area contributed by atoms with E-state index in [1.807, 2.05) is 0 Å². The molecule has 1 aromatic heterocycles. The van der Waals surface area contributed by atoms with Crippen molar-refractivity contribution < 1.29 is 4.79 Å². The van der Waals surface area contributed by atoms with Gasteiger partial charge in [-0.25, -0.2) is 0 Å². The average Bonchev–Trinajstić information content (AvgIpc) is 2.33. The van der Waals surface area contributed by atoms with E-state index < -0.39 is 0 Å². The Hall–Kier alpha value is -1.62. The number of nitrogens with two attached hydrogens (primary N) is 1. The van der Waals surface area contributed by atoms with Gasteiger partial charge in [0.15, 0.2) is 0 Å². The van der Waals surface area contributed by atoms with Crippen molar-refractivity contribution in [1.29, 1.82) is 0 Å². The van der Waals surface area contributed by atoms with E-state index in [1.165, 1.54) is 6.20 Å². The molecular formula is C13H22N4O. The Morgan fingerprint density at radius 1 is 1.56 bits per heavy atom. The first-order valence-electron chi connectivity index (χ1n) is 6.20. The fraction of sp³-hybridized carbons (Fsp3) is 0.538. The van der Waals surface area contributed by atoms with Crippen molar-refractivity contribution in [3.05, 3.63) is 24.0 Å². The van der Waals surface area contributed by atoms with Crippen LogP contribution in [0.25, 0.3) is 0 Å². The number of anilines is 1. The summed E-state index contributed by atoms with van der Waals surface area (Å²) in [4.78, 5) is 18.0. The zero-order chi connectivity index (χ0) is 13.5. The Morgan fingerprint density at radius 3 is 2.89 bits per heavy atom. The summed E-state index contributed by atoms with van der Waals surface area (Å²) in [5.74, 6) is -0.172. The number of amides is 1. The maximum atomic E-state index is 11.7. The number of rotatable bonds is 6. The summed E-state index contributed by atoms with van der Waals surface area (Å²) in [6, 6.07) is 3.76. The molecule has 0 aromatic carbocycles. The van der Waals surface area contributed by atoms with Crippen molar-refractivity contribution >= 4 is 11.6 Å². The van der Waals surface area contributed by atoms with Gasteiger partial charge in [-0.05, 0) is 46.0 Å². The maximum Gasteiger partial charge on any atom is 0.269 e. The second-order valence-corrected chi connectivity index (χ2v) is 4.66. The van der Waals surface area contributed by atoms with Crippen molar-refractivity contribution in [2.45, 2.75) is 26.3 Å². The lowest BCUT2D eigenvalue weighted by Crippen LogP contribution is -2.31. The third kappa shape index (κ3) is 4.71. The lowest BCUT2D eigenvalue weighted by molar-refractivity contribution is 0.0946. The number of hydrogen-bond acceptors (Lipinski definition) is 4. The minimum atomic E-state index is -0.172. The molecule has 1 aromatic rings. The van der Waals surface area contributed by atoms with Crippen LogP contribution in [0.3, 0.4) is 0 Å². The lowest BCUT2D eigenvalue weighted by Gasteiger charge is -2.20. The molecule has 5 heteroatoms. The van der Waals surface area contributed by atoms with Crippen molar-refractivity contribution in [3.63, 3.8) is 0 Å². The SMILES string of the molecule is CC(C)N(C)CCCNC(=O)c1cc(N)ccn1. The number of nitrogens with zero attached hydrogens (tertiary/aromatic N) is 2. The molecule has 100 valence electrons. The van der Waals surface area contributed by atoms with Gasteiger partial charge < -0.3 is 16.0 Å². The van der Waals surface area contributed by atoms with Crippen LogP contribution in [0.5, 0.6) is 0 Å². The predicted octanol–water partition coefficient (Wildman–Crippen LogP) is 1.12. The van der Waals surface area contributed by atoms with Gasteiger partial charge in [-0.15, -0.1) is 0 Å². The van der Waals surface area contributed by atoms with Gasteiger partial charge in [-0.3, -0.25) is 9.78 Å². The highest BCUT2D eigenvalue weighted by Gasteiger charge is 2.07. The topological polar surface area (TPSA) is 71.2 Å². The van der Waals surface area contributed by atoms with Gasteiger partial charge in [-0.1, -0.05) is 0 Å². The first-order chi connectivity index (χ1) is 8.50. The highest BCUT2D eigenvalue weighted by molar-refractivity contribution is 5.92. The fourth-order valence-corrected chi connectivity index (χ4v) is 1.45. The van der Waals surface area contributed by atoms with Gasteiger partial charge in [-0.2, -0.15) is 0 Å². The number of carbonyl (C=O) groups is 1. The van der Waals surface area contributed by atoms with Crippen molar-refractivity contribution in [3.8, 4) is 0 Å². The van der Waals surface area contributed by atoms with Crippen LogP contribution in [0, 0.1) is 0 Å². The molecule has 18 heavy (non-hydrogen) atoms. The molecule has 0 aliphatic carbocycles. The Bertz CT molecular complexity index is 392. The molecule has 3 N–H and O–H groups in total. The third-order valence-corrected chi connectivity index (χ3v) is 2.87. The van der Waals surface area contributed by atoms with Crippen LogP contribution in [-0.2, 0) is 0 Å². The molecule has 0 bridgehead atoms. The highest BCUT2D eigenvalue weighted by atomic mass is 16.1. The molecule has 0 aliphatic heterocycles. The number of pyridine rings is 1. The Balaban J connectivity index is 2.30. The van der Waals surface area contributed by atoms with Crippen LogP contribution in [-0.4, -0.2) is 42.0 Å². The molecule has 5 nitrogen and oxygen atoms in total. The summed E-state index contributed by atoms with van der Waals surface area (Å²) >= 11 is 0. The van der Waals surface area contributed by atoms with Gasteiger partial charge >= 0.3 is 0 Å². The zero-order valence-electron chi connectivity index (χ0n) is 11.3. The van der Waals surface area contributed by atoms with Crippen LogP contribution in [0.15, 0.2) is 18.3 Å². The smallest absolute Gasteiger partial charge is 0.269 e. The molecule has 0 saturated carbocycles. The normalized spacial score (nSPS) is 10.9. The number of hydrogen-bond donors (Lipinski definition) is 2. The second-order valence-electron chi connectivity index (χ2n) is 4.66. The van der Waals surface area contributed by atoms with Crippen molar-refractivity contribution in [2.75, 3.05) is 25.9 Å². The molecule has 0 unspecified atom stereocenters. The number of nitrogen functional groups attached to an aromatic ring is 1. The molecule has 0 spiro atoms. The number of nitrogens with one attached hydrogen (secondary N) is 1. The van der Waals surface area contributed by atoms with Gasteiger partial charge in [0.1, 0.15) is 5.69 Å². The molecule has 1 amide bonds. The molecule has 0 atom stereocenters. The van der Waals surface area contributed by atoms with Gasteiger partial charge in [0.2, 0.25) is 0 Å². The van der Waals surface area contributed by atoms with Crippen LogP contribution in [0.2, 0.25) is 0 Å². The molecule has 0 radical (unpaired) electrons. The Kier molecular flexibility index (Phi) is 5.58. The van der Waals surface area contributed by atoms with E-state index in [2.05, 4.69) is 36.1 Å². The summed E-state index contributed by atoms with van der Waals surface area (Å²) < 4.78 is 0. The lowest BCUT2D eigenvalue weighted by atomic mass is 10.3. The van der Waals surface area contributed by atoms with E-state index in [-0.39, 0.29) is 5.91 Å². The summed E-state index contributed by atoms with van der Waals surface area (Å²) in [6.45, 7) is 5.90. The first kappa shape index (κ1) is 14.4. The summed E-state index contributed by atoms with van der Waals surface area (Å²) in [5.41, 5.74) is 6.52. The van der Waals surface area contributed by atoms with Crippen LogP contribution >= 0.6 is 0 Å². The van der Waals surface area contributed by atoms with Gasteiger partial charge in [0.25, 0.3) is 5.91 Å². The molecule has 0 aliphatic rings. The van der Waals surface area contributed by atoms with E-state index in [9.17, 15) is 4.79 Å². The summed E-state index contributed by atoms with van der Waals surface area (Å²) in [7, 11) is 2.08. The van der Waals surface area contributed by atoms with Crippen LogP contribution in [0.4, 0.5) is 5.69 Å². The minimum Gasteiger partial charge on any atom is -0.399 e. The summed E-state index contributed by atoms with van der Waals surface area (Å²) in [5, 5.41) is 2.84. The highest BCUT2D eigenvalue weighted by Crippen LogP contribution is 2.02. The molecule has 1 rings (SSSR count). The van der Waals surface area contributed by atoms with Crippen molar-refractivity contribution in [1.82, 2.24) is 15.2 Å².